The second kappa shape index (κ2) is 2.98. The van der Waals surface area contributed by atoms with Crippen molar-refractivity contribution in [2.24, 2.45) is 15.0 Å². The first-order valence-corrected chi connectivity index (χ1v) is 4.93. The number of aliphatic imine (C=N–C) groups is 3. The third-order valence-corrected chi connectivity index (χ3v) is 2.87. The Kier molecular flexibility index (Phi) is 1.66. The van der Waals surface area contributed by atoms with Crippen LogP contribution in [0.4, 0.5) is 0 Å². The highest BCUT2D eigenvalue weighted by Crippen LogP contribution is 2.36. The molecule has 0 aliphatic carbocycles. The molecule has 2 aliphatic rings. The Morgan fingerprint density at radius 1 is 1.21 bits per heavy atom. The molecular weight excluding hydrogens is 198 g/mol. The van der Waals surface area contributed by atoms with Crippen LogP contribution in [0.3, 0.4) is 0 Å². The minimum absolute atomic E-state index is 0.0811. The molecular formula is C8H5N5S. The predicted octanol–water partition coefficient (Wildman–Crippen LogP) is 1.06. The van der Waals surface area contributed by atoms with Crippen LogP contribution in [-0.4, -0.2) is 27.2 Å². The molecule has 1 atom stereocenters. The van der Waals surface area contributed by atoms with Crippen LogP contribution in [0, 0.1) is 0 Å². The van der Waals surface area contributed by atoms with Gasteiger partial charge in [0, 0.05) is 12.4 Å². The topological polar surface area (TPSA) is 62.9 Å². The monoisotopic (exact) mass is 203 g/mol. The van der Waals surface area contributed by atoms with Crippen molar-refractivity contribution in [3.8, 4) is 0 Å². The van der Waals surface area contributed by atoms with Crippen molar-refractivity contribution in [2.45, 2.75) is 5.37 Å². The third kappa shape index (κ3) is 1.15. The average molecular weight is 203 g/mol. The van der Waals surface area contributed by atoms with Crippen LogP contribution < -0.4 is 0 Å². The Bertz CT molecular complexity index is 450. The zero-order valence-corrected chi connectivity index (χ0v) is 7.85. The van der Waals surface area contributed by atoms with E-state index in [1.807, 2.05) is 0 Å². The molecule has 3 heterocycles. The smallest absolute Gasteiger partial charge is 0.183 e. The molecule has 1 aromatic rings. The predicted molar refractivity (Wildman–Crippen MR) is 55.7 cm³/mol. The minimum Gasteiger partial charge on any atom is -0.241 e. The van der Waals surface area contributed by atoms with Gasteiger partial charge in [0.05, 0.1) is 0 Å². The van der Waals surface area contributed by atoms with Crippen LogP contribution in [-0.2, 0) is 0 Å². The van der Waals surface area contributed by atoms with Gasteiger partial charge in [0.15, 0.2) is 17.0 Å². The summed E-state index contributed by atoms with van der Waals surface area (Å²) < 4.78 is 0. The van der Waals surface area contributed by atoms with Gasteiger partial charge in [-0.1, -0.05) is 11.8 Å². The number of hydrogen-bond acceptors (Lipinski definition) is 6. The van der Waals surface area contributed by atoms with E-state index in [0.29, 0.717) is 11.7 Å². The van der Waals surface area contributed by atoms with Crippen LogP contribution >= 0.6 is 11.8 Å². The van der Waals surface area contributed by atoms with Gasteiger partial charge >= 0.3 is 0 Å². The molecule has 0 N–H and O–H groups in total. The van der Waals surface area contributed by atoms with E-state index in [2.05, 4.69) is 24.9 Å². The second-order valence-corrected chi connectivity index (χ2v) is 3.78. The Labute approximate surface area is 84.1 Å². The quantitative estimate of drug-likeness (QED) is 0.685. The van der Waals surface area contributed by atoms with Crippen LogP contribution in [0.15, 0.2) is 33.4 Å². The van der Waals surface area contributed by atoms with Gasteiger partial charge in [0.25, 0.3) is 0 Å². The molecule has 6 heteroatoms. The van der Waals surface area contributed by atoms with Crippen LogP contribution in [0.5, 0.6) is 0 Å². The molecule has 0 amide bonds. The minimum atomic E-state index is -0.0811. The summed E-state index contributed by atoms with van der Waals surface area (Å²) in [5, 5.41) is 0.782. The molecule has 0 radical (unpaired) electrons. The van der Waals surface area contributed by atoms with Crippen molar-refractivity contribution in [3.05, 3.63) is 24.3 Å². The molecule has 0 bridgehead atoms. The molecule has 0 aromatic carbocycles. The van der Waals surface area contributed by atoms with E-state index < -0.39 is 0 Å². The first-order valence-electron chi connectivity index (χ1n) is 4.05. The molecule has 14 heavy (non-hydrogen) atoms. The van der Waals surface area contributed by atoms with Crippen molar-refractivity contribution in [1.29, 1.82) is 0 Å². The van der Waals surface area contributed by atoms with Crippen molar-refractivity contribution in [3.63, 3.8) is 0 Å². The zero-order chi connectivity index (χ0) is 9.38. The normalized spacial score (nSPS) is 23.3. The molecule has 0 fully saturated rings. The fraction of sp³-hybridized carbons (Fsp3) is 0.125. The van der Waals surface area contributed by atoms with Crippen molar-refractivity contribution < 1.29 is 0 Å². The second-order valence-electron chi connectivity index (χ2n) is 2.71. The van der Waals surface area contributed by atoms with Crippen molar-refractivity contribution in [2.75, 3.05) is 0 Å². The number of aromatic nitrogens is 2. The molecule has 68 valence electrons. The fourth-order valence-electron chi connectivity index (χ4n) is 1.21. The van der Waals surface area contributed by atoms with Gasteiger partial charge in [-0.3, -0.25) is 0 Å². The number of fused-ring (bicyclic) bond motifs is 1. The maximum Gasteiger partial charge on any atom is 0.183 e. The molecule has 0 spiro atoms. The number of nitrogens with zero attached hydrogens (tertiary/aromatic N) is 5. The maximum atomic E-state index is 4.35. The summed E-state index contributed by atoms with van der Waals surface area (Å²) in [7, 11) is 0. The Morgan fingerprint density at radius 3 is 2.86 bits per heavy atom. The van der Waals surface area contributed by atoms with Gasteiger partial charge in [-0.15, -0.1) is 0 Å². The average Bonchev–Trinajstić information content (AvgIpc) is 2.78. The van der Waals surface area contributed by atoms with Crippen molar-refractivity contribution >= 4 is 29.0 Å². The molecule has 2 aliphatic heterocycles. The SMILES string of the molecule is C1=NC2=NC(c3ncccn3)SC2=N1. The highest BCUT2D eigenvalue weighted by Gasteiger charge is 2.29. The van der Waals surface area contributed by atoms with E-state index in [1.165, 1.54) is 18.1 Å². The van der Waals surface area contributed by atoms with Crippen molar-refractivity contribution in [1.82, 2.24) is 9.97 Å². The number of rotatable bonds is 1. The summed E-state index contributed by atoms with van der Waals surface area (Å²) in [5.74, 6) is 1.41. The lowest BCUT2D eigenvalue weighted by atomic mass is 10.5. The standard InChI is InChI=1S/C8H5N5S/c1-2-9-5(10-3-1)8-13-6-7(14-8)12-4-11-6/h1-4,8H. The lowest BCUT2D eigenvalue weighted by Gasteiger charge is -2.01. The lowest BCUT2D eigenvalue weighted by Crippen LogP contribution is -1.95. The largest absolute Gasteiger partial charge is 0.241 e. The Balaban J connectivity index is 1.95. The molecule has 1 aromatic heterocycles. The van der Waals surface area contributed by atoms with Crippen LogP contribution in [0.2, 0.25) is 0 Å². The van der Waals surface area contributed by atoms with E-state index >= 15 is 0 Å². The van der Waals surface area contributed by atoms with Gasteiger partial charge in [-0.25, -0.2) is 24.9 Å². The van der Waals surface area contributed by atoms with E-state index in [0.717, 1.165) is 5.04 Å². The number of amidine groups is 1. The lowest BCUT2D eigenvalue weighted by molar-refractivity contribution is 0.895. The van der Waals surface area contributed by atoms with Gasteiger partial charge in [-0.2, -0.15) is 0 Å². The van der Waals surface area contributed by atoms with Crippen LogP contribution in [0.25, 0.3) is 0 Å². The molecule has 0 saturated carbocycles. The van der Waals surface area contributed by atoms with E-state index in [9.17, 15) is 0 Å². The summed E-state index contributed by atoms with van der Waals surface area (Å²) >= 11 is 1.53. The first-order chi connectivity index (χ1) is 6.93. The van der Waals surface area contributed by atoms with E-state index in [4.69, 9.17) is 0 Å². The van der Waals surface area contributed by atoms with Crippen LogP contribution in [0.1, 0.15) is 11.2 Å². The van der Waals surface area contributed by atoms with Gasteiger partial charge in [-0.05, 0) is 6.07 Å². The summed E-state index contributed by atoms with van der Waals surface area (Å²) in [5.41, 5.74) is 0. The summed E-state index contributed by atoms with van der Waals surface area (Å²) in [6, 6.07) is 1.78. The highest BCUT2D eigenvalue weighted by atomic mass is 32.2. The zero-order valence-electron chi connectivity index (χ0n) is 7.03. The molecule has 5 nitrogen and oxygen atoms in total. The number of hydrogen-bond donors (Lipinski definition) is 0. The molecule has 1 unspecified atom stereocenters. The Hall–Kier alpha value is -1.56. The van der Waals surface area contributed by atoms with Gasteiger partial charge < -0.3 is 0 Å². The first kappa shape index (κ1) is 7.81. The van der Waals surface area contributed by atoms with Gasteiger partial charge in [0.2, 0.25) is 0 Å². The summed E-state index contributed by atoms with van der Waals surface area (Å²) in [6.07, 6.45) is 4.94. The summed E-state index contributed by atoms with van der Waals surface area (Å²) in [4.78, 5) is 20.7. The Morgan fingerprint density at radius 2 is 2.07 bits per heavy atom. The summed E-state index contributed by atoms with van der Waals surface area (Å²) in [6.45, 7) is 0. The highest BCUT2D eigenvalue weighted by molar-refractivity contribution is 8.16. The number of thioether (sulfide) groups is 1. The van der Waals surface area contributed by atoms with Gasteiger partial charge in [0.1, 0.15) is 11.4 Å². The fourth-order valence-corrected chi connectivity index (χ4v) is 2.12. The maximum absolute atomic E-state index is 4.35. The third-order valence-electron chi connectivity index (χ3n) is 1.82. The molecule has 3 rings (SSSR count). The molecule has 0 saturated heterocycles. The van der Waals surface area contributed by atoms with E-state index in [-0.39, 0.29) is 5.37 Å². The van der Waals surface area contributed by atoms with E-state index in [1.54, 1.807) is 18.5 Å².